The Morgan fingerprint density at radius 1 is 1.44 bits per heavy atom. The maximum atomic E-state index is 2.43. The summed E-state index contributed by atoms with van der Waals surface area (Å²) in [6.07, 6.45) is 1.28. The van der Waals surface area contributed by atoms with E-state index in [-0.39, 0.29) is 0 Å². The largest absolute Gasteiger partial charge is 0.375 e. The zero-order chi connectivity index (χ0) is 6.85. The molecule has 0 saturated carbocycles. The summed E-state index contributed by atoms with van der Waals surface area (Å²) >= 11 is 0. The standard InChI is InChI=1S/C8H15N/c1-4-9-6-5-7(2)8(9)3/h4-6H2,1-3H3. The highest BCUT2D eigenvalue weighted by molar-refractivity contribution is 5.14. The monoisotopic (exact) mass is 125 g/mol. The average Bonchev–Trinajstić information content (AvgIpc) is 2.15. The second-order valence-electron chi connectivity index (χ2n) is 2.70. The van der Waals surface area contributed by atoms with Gasteiger partial charge >= 0.3 is 0 Å². The first kappa shape index (κ1) is 6.66. The fourth-order valence-electron chi connectivity index (χ4n) is 1.32. The first-order valence-electron chi connectivity index (χ1n) is 3.67. The van der Waals surface area contributed by atoms with E-state index in [0.717, 1.165) is 0 Å². The van der Waals surface area contributed by atoms with Gasteiger partial charge in [-0.1, -0.05) is 5.57 Å². The molecule has 0 spiro atoms. The molecule has 1 aliphatic heterocycles. The third kappa shape index (κ3) is 1.09. The summed E-state index contributed by atoms with van der Waals surface area (Å²) in [6, 6.07) is 0. The molecular formula is C8H15N. The van der Waals surface area contributed by atoms with Gasteiger partial charge in [0.1, 0.15) is 0 Å². The van der Waals surface area contributed by atoms with Gasteiger partial charge in [0.05, 0.1) is 0 Å². The molecule has 0 aromatic carbocycles. The van der Waals surface area contributed by atoms with Gasteiger partial charge in [-0.3, -0.25) is 0 Å². The van der Waals surface area contributed by atoms with E-state index in [1.165, 1.54) is 25.2 Å². The second-order valence-corrected chi connectivity index (χ2v) is 2.70. The maximum Gasteiger partial charge on any atom is 0.0212 e. The fourth-order valence-corrected chi connectivity index (χ4v) is 1.32. The van der Waals surface area contributed by atoms with Crippen molar-refractivity contribution in [1.29, 1.82) is 0 Å². The Bertz CT molecular complexity index is 136. The first-order chi connectivity index (χ1) is 4.25. The Morgan fingerprint density at radius 3 is 2.33 bits per heavy atom. The Kier molecular flexibility index (Phi) is 1.79. The van der Waals surface area contributed by atoms with Crippen LogP contribution in [0, 0.1) is 0 Å². The van der Waals surface area contributed by atoms with Crippen molar-refractivity contribution in [3.63, 3.8) is 0 Å². The zero-order valence-electron chi connectivity index (χ0n) is 6.57. The highest BCUT2D eigenvalue weighted by Gasteiger charge is 2.12. The predicted octanol–water partition coefficient (Wildman–Crippen LogP) is 2.01. The molecule has 0 N–H and O–H groups in total. The molecule has 0 aromatic heterocycles. The molecule has 9 heavy (non-hydrogen) atoms. The lowest BCUT2D eigenvalue weighted by atomic mass is 10.2. The molecule has 0 bridgehead atoms. The van der Waals surface area contributed by atoms with Gasteiger partial charge in [0.15, 0.2) is 0 Å². The summed E-state index contributed by atoms with van der Waals surface area (Å²) < 4.78 is 0. The van der Waals surface area contributed by atoms with Crippen LogP contribution >= 0.6 is 0 Å². The van der Waals surface area contributed by atoms with E-state index >= 15 is 0 Å². The van der Waals surface area contributed by atoms with E-state index in [1.807, 2.05) is 0 Å². The minimum Gasteiger partial charge on any atom is -0.375 e. The van der Waals surface area contributed by atoms with E-state index < -0.39 is 0 Å². The summed E-state index contributed by atoms with van der Waals surface area (Å²) in [7, 11) is 0. The van der Waals surface area contributed by atoms with E-state index in [4.69, 9.17) is 0 Å². The van der Waals surface area contributed by atoms with E-state index in [2.05, 4.69) is 25.7 Å². The van der Waals surface area contributed by atoms with E-state index in [1.54, 1.807) is 5.57 Å². The number of nitrogens with zero attached hydrogens (tertiary/aromatic N) is 1. The SMILES string of the molecule is CCN1CCC(C)=C1C. The third-order valence-electron chi connectivity index (χ3n) is 2.23. The van der Waals surface area contributed by atoms with Crippen LogP contribution in [0.25, 0.3) is 0 Å². The van der Waals surface area contributed by atoms with Crippen molar-refractivity contribution in [2.75, 3.05) is 13.1 Å². The lowest BCUT2D eigenvalue weighted by molar-refractivity contribution is 0.398. The van der Waals surface area contributed by atoms with Crippen molar-refractivity contribution in [1.82, 2.24) is 4.90 Å². The van der Waals surface area contributed by atoms with Crippen molar-refractivity contribution < 1.29 is 0 Å². The Balaban J connectivity index is 2.63. The molecular weight excluding hydrogens is 110 g/mol. The molecule has 0 aromatic rings. The van der Waals surface area contributed by atoms with E-state index in [9.17, 15) is 0 Å². The highest BCUT2D eigenvalue weighted by Crippen LogP contribution is 2.20. The van der Waals surface area contributed by atoms with Gasteiger partial charge in [-0.2, -0.15) is 0 Å². The van der Waals surface area contributed by atoms with Gasteiger partial charge < -0.3 is 4.90 Å². The van der Waals surface area contributed by atoms with Crippen LogP contribution in [0.3, 0.4) is 0 Å². The molecule has 1 nitrogen and oxygen atoms in total. The number of hydrogen-bond acceptors (Lipinski definition) is 1. The number of rotatable bonds is 1. The zero-order valence-corrected chi connectivity index (χ0v) is 6.57. The molecule has 1 heteroatoms. The van der Waals surface area contributed by atoms with Gasteiger partial charge in [0.2, 0.25) is 0 Å². The minimum absolute atomic E-state index is 1.17. The van der Waals surface area contributed by atoms with E-state index in [0.29, 0.717) is 0 Å². The van der Waals surface area contributed by atoms with Crippen LogP contribution in [-0.2, 0) is 0 Å². The summed E-state index contributed by atoms with van der Waals surface area (Å²) in [5.74, 6) is 0. The minimum atomic E-state index is 1.17. The molecule has 0 saturated heterocycles. The summed E-state index contributed by atoms with van der Waals surface area (Å²) in [6.45, 7) is 9.07. The van der Waals surface area contributed by atoms with Gasteiger partial charge in [0.25, 0.3) is 0 Å². The molecule has 0 atom stereocenters. The van der Waals surface area contributed by atoms with Gasteiger partial charge in [-0.05, 0) is 27.2 Å². The Morgan fingerprint density at radius 2 is 2.11 bits per heavy atom. The predicted molar refractivity (Wildman–Crippen MR) is 40.2 cm³/mol. The van der Waals surface area contributed by atoms with Crippen LogP contribution in [0.1, 0.15) is 27.2 Å². The molecule has 0 radical (unpaired) electrons. The van der Waals surface area contributed by atoms with Gasteiger partial charge in [-0.15, -0.1) is 0 Å². The van der Waals surface area contributed by atoms with Gasteiger partial charge in [0, 0.05) is 18.8 Å². The quantitative estimate of drug-likeness (QED) is 0.518. The molecule has 52 valence electrons. The molecule has 0 unspecified atom stereocenters. The van der Waals surface area contributed by atoms with Crippen molar-refractivity contribution in [3.05, 3.63) is 11.3 Å². The van der Waals surface area contributed by atoms with Crippen LogP contribution < -0.4 is 0 Å². The first-order valence-corrected chi connectivity index (χ1v) is 3.67. The fraction of sp³-hybridized carbons (Fsp3) is 0.750. The summed E-state index contributed by atoms with van der Waals surface area (Å²) in [5, 5.41) is 0. The highest BCUT2D eigenvalue weighted by atomic mass is 15.1. The smallest absolute Gasteiger partial charge is 0.0212 e. The van der Waals surface area contributed by atoms with Crippen LogP contribution in [0.5, 0.6) is 0 Å². The maximum absolute atomic E-state index is 2.43. The average molecular weight is 125 g/mol. The second kappa shape index (κ2) is 2.42. The van der Waals surface area contributed by atoms with Crippen LogP contribution in [0.2, 0.25) is 0 Å². The summed E-state index contributed by atoms with van der Waals surface area (Å²) in [5.41, 5.74) is 3.06. The number of hydrogen-bond donors (Lipinski definition) is 0. The van der Waals surface area contributed by atoms with Crippen molar-refractivity contribution in [3.8, 4) is 0 Å². The molecule has 1 heterocycles. The third-order valence-corrected chi connectivity index (χ3v) is 2.23. The molecule has 0 amide bonds. The lowest BCUT2D eigenvalue weighted by Gasteiger charge is -2.16. The van der Waals surface area contributed by atoms with Gasteiger partial charge in [-0.25, -0.2) is 0 Å². The molecule has 0 fully saturated rings. The number of allylic oxidation sites excluding steroid dienone is 1. The summed E-state index contributed by atoms with van der Waals surface area (Å²) in [4.78, 5) is 2.43. The molecule has 1 rings (SSSR count). The molecule has 1 aliphatic rings. The van der Waals surface area contributed by atoms with Crippen LogP contribution in [-0.4, -0.2) is 18.0 Å². The normalized spacial score (nSPS) is 19.7. The lowest BCUT2D eigenvalue weighted by Crippen LogP contribution is -2.16. The Labute approximate surface area is 57.4 Å². The Hall–Kier alpha value is -0.460. The topological polar surface area (TPSA) is 3.24 Å². The van der Waals surface area contributed by atoms with Crippen LogP contribution in [0.4, 0.5) is 0 Å². The van der Waals surface area contributed by atoms with Crippen molar-refractivity contribution >= 4 is 0 Å². The van der Waals surface area contributed by atoms with Crippen molar-refractivity contribution in [2.45, 2.75) is 27.2 Å². The van der Waals surface area contributed by atoms with Crippen LogP contribution in [0.15, 0.2) is 11.3 Å². The molecule has 0 aliphatic carbocycles. The van der Waals surface area contributed by atoms with Crippen molar-refractivity contribution in [2.24, 2.45) is 0 Å².